The fourth-order valence-corrected chi connectivity index (χ4v) is 7.43. The summed E-state index contributed by atoms with van der Waals surface area (Å²) < 4.78 is 22.9. The lowest BCUT2D eigenvalue weighted by Crippen LogP contribution is -2.69. The molecule has 8 nitrogen and oxygen atoms in total. The predicted molar refractivity (Wildman–Crippen MR) is 137 cm³/mol. The largest absolute Gasteiger partial charge is 0.508 e. The first-order valence-corrected chi connectivity index (χ1v) is 13.5. The lowest BCUT2D eigenvalue weighted by Gasteiger charge is -2.62. The Morgan fingerprint density at radius 1 is 1.13 bits per heavy atom. The monoisotopic (exact) mass is 526 g/mol. The SMILES string of the molecule is CC(=O)O[C@H]1C(=O)[C@]2(C)[C@@H](OC(=O)OCc3ccccc3)C[C@H]3OC[C@H]3[C@H]2C[C@]2(O)CCC(C)=C1C2(C)C. The van der Waals surface area contributed by atoms with E-state index in [1.165, 1.54) is 6.92 Å². The van der Waals surface area contributed by atoms with Crippen molar-refractivity contribution in [2.75, 3.05) is 6.61 Å². The summed E-state index contributed by atoms with van der Waals surface area (Å²) in [7, 11) is 0. The molecular weight excluding hydrogens is 488 g/mol. The highest BCUT2D eigenvalue weighted by molar-refractivity contribution is 5.94. The summed E-state index contributed by atoms with van der Waals surface area (Å²) in [6.45, 7) is 9.41. The maximum atomic E-state index is 14.6. The second-order valence-electron chi connectivity index (χ2n) is 12.2. The molecule has 5 rings (SSSR count). The smallest absolute Gasteiger partial charge is 0.450 e. The van der Waals surface area contributed by atoms with Crippen molar-refractivity contribution in [3.05, 3.63) is 47.0 Å². The van der Waals surface area contributed by atoms with E-state index in [1.54, 1.807) is 6.92 Å². The average Bonchev–Trinajstić information content (AvgIpc) is 2.84. The van der Waals surface area contributed by atoms with Crippen LogP contribution in [0.3, 0.4) is 0 Å². The number of esters is 1. The molecule has 2 saturated carbocycles. The van der Waals surface area contributed by atoms with Crippen LogP contribution in [0.15, 0.2) is 41.5 Å². The van der Waals surface area contributed by atoms with Gasteiger partial charge in [-0.1, -0.05) is 49.8 Å². The summed E-state index contributed by atoms with van der Waals surface area (Å²) in [5.74, 6) is -1.18. The Kier molecular flexibility index (Phi) is 6.71. The summed E-state index contributed by atoms with van der Waals surface area (Å²) in [6, 6.07) is 9.27. The summed E-state index contributed by atoms with van der Waals surface area (Å²) in [4.78, 5) is 39.8. The van der Waals surface area contributed by atoms with Gasteiger partial charge in [0.1, 0.15) is 12.7 Å². The van der Waals surface area contributed by atoms with Gasteiger partial charge in [-0.3, -0.25) is 9.59 Å². The van der Waals surface area contributed by atoms with Crippen molar-refractivity contribution in [3.8, 4) is 0 Å². The van der Waals surface area contributed by atoms with Gasteiger partial charge >= 0.3 is 12.1 Å². The predicted octanol–water partition coefficient (Wildman–Crippen LogP) is 4.52. The molecule has 0 aromatic heterocycles. The molecule has 1 saturated heterocycles. The molecule has 38 heavy (non-hydrogen) atoms. The number of hydrogen-bond donors (Lipinski definition) is 1. The summed E-state index contributed by atoms with van der Waals surface area (Å²) in [6.07, 6.45) is -1.27. The van der Waals surface area contributed by atoms with E-state index >= 15 is 0 Å². The zero-order valence-corrected chi connectivity index (χ0v) is 22.8. The van der Waals surface area contributed by atoms with Crippen LogP contribution in [0.5, 0.6) is 0 Å². The molecule has 0 unspecified atom stereocenters. The Morgan fingerprint density at radius 3 is 2.47 bits per heavy atom. The van der Waals surface area contributed by atoms with E-state index in [9.17, 15) is 19.5 Å². The van der Waals surface area contributed by atoms with E-state index in [0.29, 0.717) is 37.9 Å². The van der Waals surface area contributed by atoms with Gasteiger partial charge in [-0.05, 0) is 50.2 Å². The van der Waals surface area contributed by atoms with Crippen LogP contribution in [0.4, 0.5) is 4.79 Å². The topological polar surface area (TPSA) is 108 Å². The number of Topliss-reactive ketones (excluding diaryl/α,β-unsaturated/α-hetero) is 1. The van der Waals surface area contributed by atoms with Crippen LogP contribution in [0, 0.1) is 22.7 Å². The van der Waals surface area contributed by atoms with Gasteiger partial charge < -0.3 is 24.1 Å². The van der Waals surface area contributed by atoms with Crippen molar-refractivity contribution in [2.45, 2.75) is 90.8 Å². The summed E-state index contributed by atoms with van der Waals surface area (Å²) in [5, 5.41) is 12.2. The first kappa shape index (κ1) is 26.9. The summed E-state index contributed by atoms with van der Waals surface area (Å²) >= 11 is 0. The number of benzene rings is 1. The molecule has 1 N–H and O–H groups in total. The van der Waals surface area contributed by atoms with Crippen molar-refractivity contribution in [1.82, 2.24) is 0 Å². The number of carbonyl (C=O) groups is 3. The second-order valence-corrected chi connectivity index (χ2v) is 12.2. The Balaban J connectivity index is 1.53. The number of ketones is 1. The zero-order valence-electron chi connectivity index (χ0n) is 22.8. The molecule has 3 fully saturated rings. The molecule has 3 aliphatic carbocycles. The van der Waals surface area contributed by atoms with Crippen LogP contribution in [-0.4, -0.2) is 53.5 Å². The first-order chi connectivity index (χ1) is 17.9. The third-order valence-corrected chi connectivity index (χ3v) is 9.90. The molecule has 7 atom stereocenters. The van der Waals surface area contributed by atoms with Crippen LogP contribution in [0.1, 0.15) is 65.9 Å². The van der Waals surface area contributed by atoms with E-state index < -0.39 is 40.8 Å². The quantitative estimate of drug-likeness (QED) is 0.451. The van der Waals surface area contributed by atoms with Gasteiger partial charge in [0, 0.05) is 24.7 Å². The maximum absolute atomic E-state index is 14.6. The van der Waals surface area contributed by atoms with Gasteiger partial charge in [0.2, 0.25) is 0 Å². The molecule has 0 radical (unpaired) electrons. The highest BCUT2D eigenvalue weighted by Crippen LogP contribution is 2.61. The van der Waals surface area contributed by atoms with Gasteiger partial charge in [-0.15, -0.1) is 0 Å². The number of rotatable bonds is 4. The Labute approximate surface area is 223 Å². The van der Waals surface area contributed by atoms with Crippen molar-refractivity contribution >= 4 is 17.9 Å². The standard InChI is InChI=1S/C30H38O8/c1-17-11-12-30(34)14-21-20-16-35-22(20)13-23(38-27(33)36-15-19-9-7-6-8-10-19)29(21,5)26(32)25(37-18(2)31)24(17)28(30,3)4/h6-10,20-23,25,34H,11-16H2,1-5H3/t20-,21+,22+,23-,25+,29-,30+/m0/s1. The Bertz CT molecular complexity index is 1160. The van der Waals surface area contributed by atoms with Crippen LogP contribution >= 0.6 is 0 Å². The van der Waals surface area contributed by atoms with Gasteiger partial charge in [0.05, 0.1) is 23.7 Å². The van der Waals surface area contributed by atoms with Crippen molar-refractivity contribution in [1.29, 1.82) is 0 Å². The average molecular weight is 527 g/mol. The Morgan fingerprint density at radius 2 is 1.84 bits per heavy atom. The number of allylic oxidation sites excluding steroid dienone is 1. The van der Waals surface area contributed by atoms with E-state index in [2.05, 4.69) is 0 Å². The van der Waals surface area contributed by atoms with E-state index in [1.807, 2.05) is 51.1 Å². The van der Waals surface area contributed by atoms with Crippen molar-refractivity contribution < 1.29 is 38.4 Å². The minimum absolute atomic E-state index is 0.0236. The molecule has 1 aromatic rings. The number of hydrogen-bond acceptors (Lipinski definition) is 8. The molecule has 2 bridgehead atoms. The lowest BCUT2D eigenvalue weighted by molar-refractivity contribution is -0.244. The van der Waals surface area contributed by atoms with Gasteiger partial charge in [0.15, 0.2) is 11.9 Å². The number of carbonyl (C=O) groups excluding carboxylic acids is 3. The van der Waals surface area contributed by atoms with Gasteiger partial charge in [-0.2, -0.15) is 0 Å². The summed E-state index contributed by atoms with van der Waals surface area (Å²) in [5.41, 5.74) is -0.733. The second kappa shape index (κ2) is 9.49. The highest BCUT2D eigenvalue weighted by atomic mass is 16.7. The van der Waals surface area contributed by atoms with Crippen LogP contribution < -0.4 is 0 Å². The fourth-order valence-electron chi connectivity index (χ4n) is 7.43. The fraction of sp³-hybridized carbons (Fsp3) is 0.633. The van der Waals surface area contributed by atoms with Crippen LogP contribution in [-0.2, 0) is 35.1 Å². The third-order valence-electron chi connectivity index (χ3n) is 9.90. The van der Waals surface area contributed by atoms with Crippen LogP contribution in [0.2, 0.25) is 0 Å². The molecule has 0 spiro atoms. The van der Waals surface area contributed by atoms with Crippen LogP contribution in [0.25, 0.3) is 0 Å². The lowest BCUT2D eigenvalue weighted by atomic mass is 9.47. The van der Waals surface area contributed by atoms with Crippen molar-refractivity contribution in [3.63, 3.8) is 0 Å². The Hall–Kier alpha value is -2.71. The molecule has 1 heterocycles. The van der Waals surface area contributed by atoms with E-state index in [-0.39, 0.29) is 30.3 Å². The van der Waals surface area contributed by atoms with Gasteiger partial charge in [0.25, 0.3) is 0 Å². The highest BCUT2D eigenvalue weighted by Gasteiger charge is 2.68. The minimum Gasteiger partial charge on any atom is -0.450 e. The third kappa shape index (κ3) is 4.16. The molecule has 8 heteroatoms. The first-order valence-electron chi connectivity index (χ1n) is 13.5. The molecule has 1 aromatic carbocycles. The molecule has 4 aliphatic rings. The van der Waals surface area contributed by atoms with Crippen molar-refractivity contribution in [2.24, 2.45) is 22.7 Å². The minimum atomic E-state index is -1.22. The number of fused-ring (bicyclic) bond motifs is 5. The normalized spacial score (nSPS) is 37.5. The van der Waals surface area contributed by atoms with E-state index in [0.717, 1.165) is 11.1 Å². The van der Waals surface area contributed by atoms with Gasteiger partial charge in [-0.25, -0.2) is 4.79 Å². The molecule has 1 aliphatic heterocycles. The maximum Gasteiger partial charge on any atom is 0.508 e. The molecule has 0 amide bonds. The van der Waals surface area contributed by atoms with E-state index in [4.69, 9.17) is 18.9 Å². The number of ether oxygens (including phenoxy) is 4. The molecule has 206 valence electrons. The number of aliphatic hydroxyl groups is 1. The molecular formula is C30H38O8. The zero-order chi connectivity index (χ0) is 27.5.